The number of rotatable bonds is 9. The quantitative estimate of drug-likeness (QED) is 0.531. The molecule has 0 bridgehead atoms. The summed E-state index contributed by atoms with van der Waals surface area (Å²) >= 11 is 0. The molecule has 2 aromatic rings. The molecule has 1 aliphatic rings. The highest BCUT2D eigenvalue weighted by molar-refractivity contribution is 5.89. The number of carboxylic acid groups (broad SMARTS) is 2. The molecule has 7 nitrogen and oxygen atoms in total. The number of nitrogens with one attached hydrogen (secondary N) is 1. The first kappa shape index (κ1) is 24.2. The Kier molecular flexibility index (Phi) is 9.84. The monoisotopic (exact) mass is 428 g/mol. The predicted molar refractivity (Wildman–Crippen MR) is 120 cm³/mol. The van der Waals surface area contributed by atoms with Crippen LogP contribution in [0.5, 0.6) is 5.75 Å². The Balaban J connectivity index is 0.000000366. The van der Waals surface area contributed by atoms with Gasteiger partial charge in [-0.1, -0.05) is 6.07 Å². The lowest BCUT2D eigenvalue weighted by molar-refractivity contribution is -0.134. The molecule has 0 fully saturated rings. The topological polar surface area (TPSA) is 101 Å². The van der Waals surface area contributed by atoms with E-state index in [-0.39, 0.29) is 0 Å². The lowest BCUT2D eigenvalue weighted by atomic mass is 9.92. The number of nitrogens with zero attached hydrogens (tertiary/aromatic N) is 1. The summed E-state index contributed by atoms with van der Waals surface area (Å²) in [6.07, 6.45) is 9.33. The van der Waals surface area contributed by atoms with Gasteiger partial charge in [-0.25, -0.2) is 9.59 Å². The zero-order valence-corrected chi connectivity index (χ0v) is 18.2. The number of benzene rings is 1. The minimum Gasteiger partial charge on any atom is -0.493 e. The lowest BCUT2D eigenvalue weighted by Crippen LogP contribution is -2.27. The van der Waals surface area contributed by atoms with Crippen LogP contribution < -0.4 is 10.1 Å². The van der Waals surface area contributed by atoms with Crippen molar-refractivity contribution in [1.82, 2.24) is 9.88 Å². The van der Waals surface area contributed by atoms with E-state index < -0.39 is 11.9 Å². The Labute approximate surface area is 183 Å². The average molecular weight is 429 g/mol. The summed E-state index contributed by atoms with van der Waals surface area (Å²) in [7, 11) is 4.12. The molecular weight excluding hydrogens is 396 g/mol. The van der Waals surface area contributed by atoms with Gasteiger partial charge in [-0.3, -0.25) is 0 Å². The summed E-state index contributed by atoms with van der Waals surface area (Å²) in [5.74, 6) is -1.01. The number of carbonyl (C=O) groups is 2. The first-order valence-electron chi connectivity index (χ1n) is 10.5. The van der Waals surface area contributed by atoms with Gasteiger partial charge in [-0.15, -0.1) is 0 Å². The number of hydrogen-bond acceptors (Lipinski definition) is 4. The Bertz CT molecular complexity index is 872. The number of carboxylic acids is 2. The fourth-order valence-corrected chi connectivity index (χ4v) is 3.64. The van der Waals surface area contributed by atoms with Crippen molar-refractivity contribution in [2.24, 2.45) is 13.0 Å². The SMILES string of the molecule is CNCC(COc1ccc2c(c1)CCCC2)Cc1cccn1C.O=C(O)C=CC(=O)O. The van der Waals surface area contributed by atoms with Gasteiger partial charge in [0.15, 0.2) is 0 Å². The van der Waals surface area contributed by atoms with Crippen LogP contribution in [-0.2, 0) is 35.9 Å². The summed E-state index contributed by atoms with van der Waals surface area (Å²) in [5.41, 5.74) is 4.36. The van der Waals surface area contributed by atoms with Crippen LogP contribution in [0, 0.1) is 5.92 Å². The molecule has 1 unspecified atom stereocenters. The van der Waals surface area contributed by atoms with Crippen molar-refractivity contribution in [2.45, 2.75) is 32.1 Å². The normalized spacial score (nSPS) is 13.7. The maximum atomic E-state index is 9.55. The molecule has 168 valence electrons. The molecule has 1 heterocycles. The zero-order valence-electron chi connectivity index (χ0n) is 18.2. The molecule has 1 aliphatic carbocycles. The molecule has 0 spiro atoms. The molecule has 0 aliphatic heterocycles. The molecule has 3 rings (SSSR count). The average Bonchev–Trinajstić information content (AvgIpc) is 3.15. The van der Waals surface area contributed by atoms with Crippen molar-refractivity contribution < 1.29 is 24.5 Å². The summed E-state index contributed by atoms with van der Waals surface area (Å²) in [5, 5.41) is 18.9. The first-order chi connectivity index (χ1) is 14.9. The second-order valence-electron chi connectivity index (χ2n) is 7.70. The molecule has 3 N–H and O–H groups in total. The van der Waals surface area contributed by atoms with E-state index >= 15 is 0 Å². The van der Waals surface area contributed by atoms with Crippen molar-refractivity contribution >= 4 is 11.9 Å². The van der Waals surface area contributed by atoms with Gasteiger partial charge >= 0.3 is 11.9 Å². The third-order valence-corrected chi connectivity index (χ3v) is 5.22. The van der Waals surface area contributed by atoms with Crippen LogP contribution in [0.2, 0.25) is 0 Å². The number of hydrogen-bond donors (Lipinski definition) is 3. The van der Waals surface area contributed by atoms with Gasteiger partial charge in [-0.2, -0.15) is 0 Å². The highest BCUT2D eigenvalue weighted by Gasteiger charge is 2.14. The fourth-order valence-electron chi connectivity index (χ4n) is 3.64. The highest BCUT2D eigenvalue weighted by atomic mass is 16.5. The molecular formula is C24H32N2O5. The summed E-state index contributed by atoms with van der Waals surface area (Å²) in [6.45, 7) is 1.72. The smallest absolute Gasteiger partial charge is 0.328 e. The number of ether oxygens (including phenoxy) is 1. The van der Waals surface area contributed by atoms with Crippen molar-refractivity contribution in [3.63, 3.8) is 0 Å². The Morgan fingerprint density at radius 2 is 1.81 bits per heavy atom. The van der Waals surface area contributed by atoms with E-state index in [4.69, 9.17) is 14.9 Å². The Hall–Kier alpha value is -3.06. The van der Waals surface area contributed by atoms with Crippen LogP contribution in [0.1, 0.15) is 29.7 Å². The minimum atomic E-state index is -1.26. The van der Waals surface area contributed by atoms with Gasteiger partial charge in [0.1, 0.15) is 5.75 Å². The van der Waals surface area contributed by atoms with E-state index in [9.17, 15) is 9.59 Å². The van der Waals surface area contributed by atoms with Gasteiger partial charge < -0.3 is 24.8 Å². The Morgan fingerprint density at radius 1 is 1.13 bits per heavy atom. The van der Waals surface area contributed by atoms with E-state index in [1.165, 1.54) is 42.5 Å². The largest absolute Gasteiger partial charge is 0.493 e. The van der Waals surface area contributed by atoms with Gasteiger partial charge in [0.25, 0.3) is 0 Å². The zero-order chi connectivity index (χ0) is 22.6. The van der Waals surface area contributed by atoms with Crippen molar-refractivity contribution in [3.8, 4) is 5.75 Å². The maximum absolute atomic E-state index is 9.55. The van der Waals surface area contributed by atoms with E-state index in [0.29, 0.717) is 18.1 Å². The molecule has 0 saturated carbocycles. The summed E-state index contributed by atoms with van der Waals surface area (Å²) in [6, 6.07) is 11.0. The van der Waals surface area contributed by atoms with Gasteiger partial charge in [0.2, 0.25) is 0 Å². The molecule has 1 aromatic heterocycles. The third-order valence-electron chi connectivity index (χ3n) is 5.22. The maximum Gasteiger partial charge on any atom is 0.328 e. The van der Waals surface area contributed by atoms with Gasteiger partial charge in [0, 0.05) is 43.6 Å². The number of aryl methyl sites for hydroxylation is 3. The highest BCUT2D eigenvalue weighted by Crippen LogP contribution is 2.25. The second-order valence-corrected chi connectivity index (χ2v) is 7.70. The molecule has 0 amide bonds. The molecule has 31 heavy (non-hydrogen) atoms. The second kappa shape index (κ2) is 12.6. The van der Waals surface area contributed by atoms with E-state index in [2.05, 4.69) is 53.5 Å². The minimum absolute atomic E-state index is 0.477. The lowest BCUT2D eigenvalue weighted by Gasteiger charge is -2.20. The number of aromatic nitrogens is 1. The van der Waals surface area contributed by atoms with Crippen LogP contribution in [0.25, 0.3) is 0 Å². The standard InChI is InChI=1S/C20H28N2O.C4H4O4/c1-21-14-16(12-19-8-5-11-22(19)2)15-23-20-10-9-17-6-3-4-7-18(17)13-20;5-3(6)1-2-4(7)8/h5,8-11,13,16,21H,3-4,6-7,12,14-15H2,1-2H3;1-2H,(H,5,6)(H,7,8). The van der Waals surface area contributed by atoms with Crippen LogP contribution in [0.4, 0.5) is 0 Å². The third kappa shape index (κ3) is 8.68. The van der Waals surface area contributed by atoms with E-state index in [1.807, 2.05) is 7.05 Å². The fraction of sp³-hybridized carbons (Fsp3) is 0.417. The molecule has 7 heteroatoms. The van der Waals surface area contributed by atoms with Crippen LogP contribution in [0.15, 0.2) is 48.7 Å². The van der Waals surface area contributed by atoms with Gasteiger partial charge in [-0.05, 0) is 74.5 Å². The molecule has 0 radical (unpaired) electrons. The number of aliphatic carboxylic acids is 2. The van der Waals surface area contributed by atoms with E-state index in [0.717, 1.165) is 25.3 Å². The molecule has 1 aromatic carbocycles. The van der Waals surface area contributed by atoms with Crippen LogP contribution in [-0.4, -0.2) is 46.9 Å². The summed E-state index contributed by atoms with van der Waals surface area (Å²) in [4.78, 5) is 19.1. The molecule has 0 saturated heterocycles. The van der Waals surface area contributed by atoms with Crippen molar-refractivity contribution in [3.05, 3.63) is 65.5 Å². The Morgan fingerprint density at radius 3 is 2.39 bits per heavy atom. The summed E-state index contributed by atoms with van der Waals surface area (Å²) < 4.78 is 8.32. The number of fused-ring (bicyclic) bond motifs is 1. The first-order valence-corrected chi connectivity index (χ1v) is 10.5. The van der Waals surface area contributed by atoms with Crippen LogP contribution >= 0.6 is 0 Å². The van der Waals surface area contributed by atoms with E-state index in [1.54, 1.807) is 0 Å². The molecule has 1 atom stereocenters. The van der Waals surface area contributed by atoms with Crippen LogP contribution in [0.3, 0.4) is 0 Å². The van der Waals surface area contributed by atoms with Crippen molar-refractivity contribution in [1.29, 1.82) is 0 Å². The van der Waals surface area contributed by atoms with Crippen molar-refractivity contribution in [2.75, 3.05) is 20.2 Å². The van der Waals surface area contributed by atoms with Gasteiger partial charge in [0.05, 0.1) is 6.61 Å². The predicted octanol–water partition coefficient (Wildman–Crippen LogP) is 3.07.